The van der Waals surface area contributed by atoms with Crippen LogP contribution in [0.1, 0.15) is 5.56 Å². The number of methoxy groups -OCH3 is 1. The third-order valence-electron chi connectivity index (χ3n) is 3.13. The molecule has 1 heterocycles. The van der Waals surface area contributed by atoms with Gasteiger partial charge in [0.2, 0.25) is 5.91 Å². The molecule has 1 amide bonds. The number of nitrogens with two attached hydrogens (primary N) is 1. The molecule has 0 aromatic heterocycles. The molecule has 3 rings (SSSR count). The smallest absolute Gasteiger partial charge is 0.228 e. The summed E-state index contributed by atoms with van der Waals surface area (Å²) < 4.78 is 10.9. The van der Waals surface area contributed by atoms with E-state index in [4.69, 9.17) is 15.2 Å². The topological polar surface area (TPSA) is 73.6 Å². The van der Waals surface area contributed by atoms with Gasteiger partial charge in [0.05, 0.1) is 19.2 Å². The number of carbonyl (C=O) groups is 1. The molecule has 0 unspecified atom stereocenters. The highest BCUT2D eigenvalue weighted by Gasteiger charge is 2.20. The minimum atomic E-state index is -0.0297. The van der Waals surface area contributed by atoms with Crippen molar-refractivity contribution in [3.05, 3.63) is 42.0 Å². The van der Waals surface area contributed by atoms with Gasteiger partial charge in [-0.25, -0.2) is 0 Å². The quantitative estimate of drug-likeness (QED) is 0.841. The third-order valence-corrected chi connectivity index (χ3v) is 3.13. The van der Waals surface area contributed by atoms with Crippen LogP contribution >= 0.6 is 0 Å². The van der Waals surface area contributed by atoms with E-state index in [0.29, 0.717) is 29.4 Å². The first-order chi connectivity index (χ1) is 9.65. The zero-order valence-electron chi connectivity index (χ0n) is 11.0. The van der Waals surface area contributed by atoms with Gasteiger partial charge in [0, 0.05) is 17.8 Å². The van der Waals surface area contributed by atoms with Crippen LogP contribution in [-0.4, -0.2) is 13.0 Å². The van der Waals surface area contributed by atoms with Crippen molar-refractivity contribution in [3.8, 4) is 17.2 Å². The summed E-state index contributed by atoms with van der Waals surface area (Å²) in [6.45, 7) is 0. The maximum atomic E-state index is 11.4. The summed E-state index contributed by atoms with van der Waals surface area (Å²) in [4.78, 5) is 11.4. The van der Waals surface area contributed by atoms with E-state index < -0.39 is 0 Å². The van der Waals surface area contributed by atoms with Gasteiger partial charge in [-0.3, -0.25) is 4.79 Å². The predicted molar refractivity (Wildman–Crippen MR) is 76.3 cm³/mol. The van der Waals surface area contributed by atoms with E-state index in [9.17, 15) is 4.79 Å². The Morgan fingerprint density at radius 3 is 2.80 bits per heavy atom. The molecule has 1 aliphatic rings. The number of hydrogen-bond acceptors (Lipinski definition) is 4. The highest BCUT2D eigenvalue weighted by Crippen LogP contribution is 2.36. The molecular weight excluding hydrogens is 256 g/mol. The Kier molecular flexibility index (Phi) is 2.95. The van der Waals surface area contributed by atoms with Gasteiger partial charge < -0.3 is 20.5 Å². The molecular formula is C15H14N2O3. The van der Waals surface area contributed by atoms with Crippen LogP contribution in [0.3, 0.4) is 0 Å². The van der Waals surface area contributed by atoms with Crippen LogP contribution < -0.4 is 20.5 Å². The summed E-state index contributed by atoms with van der Waals surface area (Å²) in [5, 5.41) is 2.77. The number of anilines is 2. The lowest BCUT2D eigenvalue weighted by Gasteiger charge is -2.11. The van der Waals surface area contributed by atoms with Crippen molar-refractivity contribution in [3.63, 3.8) is 0 Å². The molecule has 0 saturated heterocycles. The van der Waals surface area contributed by atoms with Gasteiger partial charge in [-0.15, -0.1) is 0 Å². The minimum Gasteiger partial charge on any atom is -0.497 e. The van der Waals surface area contributed by atoms with Crippen LogP contribution in [0, 0.1) is 0 Å². The van der Waals surface area contributed by atoms with Gasteiger partial charge in [0.1, 0.15) is 11.5 Å². The Bertz CT molecular complexity index is 683. The Hall–Kier alpha value is -2.69. The number of rotatable bonds is 3. The van der Waals surface area contributed by atoms with E-state index in [1.165, 1.54) is 0 Å². The van der Waals surface area contributed by atoms with Crippen LogP contribution in [0.15, 0.2) is 36.4 Å². The van der Waals surface area contributed by atoms with E-state index in [1.807, 2.05) is 18.2 Å². The summed E-state index contributed by atoms with van der Waals surface area (Å²) >= 11 is 0. The molecule has 0 spiro atoms. The average Bonchev–Trinajstić information content (AvgIpc) is 2.78. The highest BCUT2D eigenvalue weighted by molar-refractivity contribution is 6.00. The van der Waals surface area contributed by atoms with E-state index in [2.05, 4.69) is 5.32 Å². The second-order valence-corrected chi connectivity index (χ2v) is 4.55. The van der Waals surface area contributed by atoms with Crippen molar-refractivity contribution in [1.29, 1.82) is 0 Å². The van der Waals surface area contributed by atoms with Crippen LogP contribution in [0.2, 0.25) is 0 Å². The fraction of sp³-hybridized carbons (Fsp3) is 0.133. The van der Waals surface area contributed by atoms with Gasteiger partial charge in [-0.05, 0) is 23.8 Å². The first-order valence-corrected chi connectivity index (χ1v) is 6.20. The van der Waals surface area contributed by atoms with Crippen molar-refractivity contribution in [2.24, 2.45) is 0 Å². The van der Waals surface area contributed by atoms with Gasteiger partial charge >= 0.3 is 0 Å². The monoisotopic (exact) mass is 270 g/mol. The van der Waals surface area contributed by atoms with Crippen LogP contribution in [0.4, 0.5) is 11.4 Å². The van der Waals surface area contributed by atoms with Gasteiger partial charge in [0.25, 0.3) is 0 Å². The Labute approximate surface area is 116 Å². The van der Waals surface area contributed by atoms with Crippen molar-refractivity contribution in [2.45, 2.75) is 6.42 Å². The number of amides is 1. The lowest BCUT2D eigenvalue weighted by molar-refractivity contribution is -0.115. The van der Waals surface area contributed by atoms with Crippen molar-refractivity contribution in [2.75, 3.05) is 18.2 Å². The Morgan fingerprint density at radius 2 is 2.00 bits per heavy atom. The van der Waals surface area contributed by atoms with E-state index in [0.717, 1.165) is 11.3 Å². The minimum absolute atomic E-state index is 0.0297. The van der Waals surface area contributed by atoms with Gasteiger partial charge in [-0.2, -0.15) is 0 Å². The maximum Gasteiger partial charge on any atom is 0.228 e. The van der Waals surface area contributed by atoms with Crippen molar-refractivity contribution >= 4 is 17.3 Å². The molecule has 20 heavy (non-hydrogen) atoms. The summed E-state index contributed by atoms with van der Waals surface area (Å²) in [6.07, 6.45) is 0.360. The molecule has 3 N–H and O–H groups in total. The summed E-state index contributed by atoms with van der Waals surface area (Å²) in [5.41, 5.74) is 8.11. The number of hydrogen-bond donors (Lipinski definition) is 2. The molecule has 5 nitrogen and oxygen atoms in total. The number of nitrogen functional groups attached to an aromatic ring is 1. The van der Waals surface area contributed by atoms with Gasteiger partial charge in [0.15, 0.2) is 5.75 Å². The molecule has 0 aliphatic carbocycles. The predicted octanol–water partition coefficient (Wildman–Crippen LogP) is 2.56. The molecule has 2 aromatic rings. The highest BCUT2D eigenvalue weighted by atomic mass is 16.5. The molecule has 102 valence electrons. The zero-order chi connectivity index (χ0) is 14.1. The average molecular weight is 270 g/mol. The number of benzene rings is 2. The molecule has 0 bridgehead atoms. The molecule has 0 saturated carbocycles. The number of ether oxygens (including phenoxy) is 2. The summed E-state index contributed by atoms with van der Waals surface area (Å²) in [6, 6.07) is 10.8. The SMILES string of the molecule is COc1cccc(Oc2cc3c(cc2N)CC(=O)N3)c1. The normalized spacial score (nSPS) is 12.8. The molecule has 0 atom stereocenters. The first kappa shape index (κ1) is 12.3. The van der Waals surface area contributed by atoms with Crippen LogP contribution in [0.5, 0.6) is 17.2 Å². The Balaban J connectivity index is 1.91. The summed E-state index contributed by atoms with van der Waals surface area (Å²) in [7, 11) is 1.60. The van der Waals surface area contributed by atoms with Gasteiger partial charge in [-0.1, -0.05) is 6.07 Å². The van der Waals surface area contributed by atoms with E-state index >= 15 is 0 Å². The number of fused-ring (bicyclic) bond motifs is 1. The second kappa shape index (κ2) is 4.77. The lowest BCUT2D eigenvalue weighted by atomic mass is 10.1. The lowest BCUT2D eigenvalue weighted by Crippen LogP contribution is -2.03. The molecule has 2 aromatic carbocycles. The molecule has 0 fully saturated rings. The first-order valence-electron chi connectivity index (χ1n) is 6.20. The fourth-order valence-electron chi connectivity index (χ4n) is 2.15. The van der Waals surface area contributed by atoms with Crippen molar-refractivity contribution < 1.29 is 14.3 Å². The van der Waals surface area contributed by atoms with Crippen LogP contribution in [0.25, 0.3) is 0 Å². The third kappa shape index (κ3) is 2.25. The maximum absolute atomic E-state index is 11.4. The van der Waals surface area contributed by atoms with E-state index in [1.54, 1.807) is 25.3 Å². The number of carbonyl (C=O) groups excluding carboxylic acids is 1. The second-order valence-electron chi connectivity index (χ2n) is 4.55. The molecule has 5 heteroatoms. The summed E-state index contributed by atoms with van der Waals surface area (Å²) in [5.74, 6) is 1.81. The van der Waals surface area contributed by atoms with Crippen molar-refractivity contribution in [1.82, 2.24) is 0 Å². The van der Waals surface area contributed by atoms with E-state index in [-0.39, 0.29) is 5.91 Å². The number of nitrogens with one attached hydrogen (secondary N) is 1. The molecule has 1 aliphatic heterocycles. The van der Waals surface area contributed by atoms with Crippen LogP contribution in [-0.2, 0) is 11.2 Å². The zero-order valence-corrected chi connectivity index (χ0v) is 11.0. The Morgan fingerprint density at radius 1 is 1.20 bits per heavy atom. The standard InChI is InChI=1S/C15H14N2O3/c1-19-10-3-2-4-11(7-10)20-14-8-13-9(5-12(14)16)6-15(18)17-13/h2-5,7-8H,6,16H2,1H3,(H,17,18). The largest absolute Gasteiger partial charge is 0.497 e. The fourth-order valence-corrected chi connectivity index (χ4v) is 2.15. The molecule has 0 radical (unpaired) electrons.